The summed E-state index contributed by atoms with van der Waals surface area (Å²) in [7, 11) is 0. The minimum atomic E-state index is -0.887. The van der Waals surface area contributed by atoms with Crippen LogP contribution in [0.5, 0.6) is 0 Å². The smallest absolute Gasteiger partial charge is 0.220 e. The van der Waals surface area contributed by atoms with E-state index in [0.717, 1.165) is 77.0 Å². The van der Waals surface area contributed by atoms with Crippen molar-refractivity contribution in [1.29, 1.82) is 0 Å². The molecule has 54 heavy (non-hydrogen) atoms. The van der Waals surface area contributed by atoms with Crippen molar-refractivity contribution in [3.8, 4) is 0 Å². The zero-order valence-electron chi connectivity index (χ0n) is 35.2. The van der Waals surface area contributed by atoms with Crippen molar-refractivity contribution in [2.24, 2.45) is 0 Å². The summed E-state index contributed by atoms with van der Waals surface area (Å²) in [6.45, 7) is 4.16. The third kappa shape index (κ3) is 40.5. The third-order valence-corrected chi connectivity index (χ3v) is 9.55. The van der Waals surface area contributed by atoms with Crippen molar-refractivity contribution in [2.75, 3.05) is 6.61 Å². The first-order chi connectivity index (χ1) is 26.7. The SMILES string of the molecule is CC/C=C\C/C=C\C/C=C\C/C=C\C/C=C\C/C=C\CCCCC(=O)NC(CO)C(O)/C=C/CC/C=C/CCCCCCCCCCCCCCCCC. The molecule has 0 radical (unpaired) electrons. The highest BCUT2D eigenvalue weighted by molar-refractivity contribution is 5.76. The van der Waals surface area contributed by atoms with Gasteiger partial charge < -0.3 is 15.5 Å². The van der Waals surface area contributed by atoms with E-state index in [9.17, 15) is 15.0 Å². The van der Waals surface area contributed by atoms with E-state index in [0.29, 0.717) is 6.42 Å². The fraction of sp³-hybridized carbons (Fsp3) is 0.660. The molecule has 4 nitrogen and oxygen atoms in total. The number of carbonyl (C=O) groups is 1. The molecular formula is C50H85NO3. The largest absolute Gasteiger partial charge is 0.394 e. The van der Waals surface area contributed by atoms with Crippen molar-refractivity contribution in [1.82, 2.24) is 5.32 Å². The molecule has 3 N–H and O–H groups in total. The molecular weight excluding hydrogens is 663 g/mol. The van der Waals surface area contributed by atoms with Crippen molar-refractivity contribution in [3.05, 3.63) is 97.2 Å². The Hall–Kier alpha value is -2.69. The summed E-state index contributed by atoms with van der Waals surface area (Å²) in [5, 5.41) is 23.0. The number of unbranched alkanes of at least 4 members (excludes halogenated alkanes) is 18. The predicted octanol–water partition coefficient (Wildman–Crippen LogP) is 14.2. The molecule has 0 spiro atoms. The summed E-state index contributed by atoms with van der Waals surface area (Å²) < 4.78 is 0. The zero-order valence-corrected chi connectivity index (χ0v) is 35.2. The molecule has 0 aliphatic heterocycles. The normalized spacial score (nSPS) is 13.9. The number of aliphatic hydroxyl groups excluding tert-OH is 2. The van der Waals surface area contributed by atoms with Crippen LogP contribution >= 0.6 is 0 Å². The molecule has 0 aromatic carbocycles. The summed E-state index contributed by atoms with van der Waals surface area (Å²) >= 11 is 0. The fourth-order valence-electron chi connectivity index (χ4n) is 6.14. The average molecular weight is 748 g/mol. The molecule has 0 aliphatic rings. The molecule has 1 amide bonds. The summed E-state index contributed by atoms with van der Waals surface area (Å²) in [4.78, 5) is 12.4. The number of nitrogens with one attached hydrogen (secondary N) is 1. The van der Waals surface area contributed by atoms with Crippen LogP contribution in [-0.2, 0) is 4.79 Å². The van der Waals surface area contributed by atoms with Crippen molar-refractivity contribution >= 4 is 5.91 Å². The Morgan fingerprint density at radius 2 is 0.833 bits per heavy atom. The first kappa shape index (κ1) is 51.3. The van der Waals surface area contributed by atoms with E-state index >= 15 is 0 Å². The first-order valence-corrected chi connectivity index (χ1v) is 22.5. The Bertz CT molecular complexity index is 1030. The Morgan fingerprint density at radius 1 is 0.463 bits per heavy atom. The Morgan fingerprint density at radius 3 is 1.30 bits per heavy atom. The van der Waals surface area contributed by atoms with Gasteiger partial charge in [-0.2, -0.15) is 0 Å². The topological polar surface area (TPSA) is 69.6 Å². The van der Waals surface area contributed by atoms with Gasteiger partial charge in [0.05, 0.1) is 18.8 Å². The van der Waals surface area contributed by atoms with Crippen LogP contribution in [0.1, 0.15) is 194 Å². The number of aliphatic hydroxyl groups is 2. The van der Waals surface area contributed by atoms with Crippen LogP contribution in [0.4, 0.5) is 0 Å². The minimum absolute atomic E-state index is 0.119. The molecule has 308 valence electrons. The van der Waals surface area contributed by atoms with Gasteiger partial charge in [-0.25, -0.2) is 0 Å². The molecule has 0 saturated carbocycles. The third-order valence-electron chi connectivity index (χ3n) is 9.55. The van der Waals surface area contributed by atoms with Gasteiger partial charge in [-0.1, -0.05) is 201 Å². The number of hydrogen-bond donors (Lipinski definition) is 3. The predicted molar refractivity (Wildman–Crippen MR) is 239 cm³/mol. The molecule has 0 rings (SSSR count). The van der Waals surface area contributed by atoms with E-state index in [4.69, 9.17) is 0 Å². The van der Waals surface area contributed by atoms with Crippen LogP contribution in [0.3, 0.4) is 0 Å². The van der Waals surface area contributed by atoms with Crippen molar-refractivity contribution in [2.45, 2.75) is 206 Å². The summed E-state index contributed by atoms with van der Waals surface area (Å²) in [5.41, 5.74) is 0. The fourth-order valence-corrected chi connectivity index (χ4v) is 6.14. The van der Waals surface area contributed by atoms with E-state index in [1.54, 1.807) is 6.08 Å². The van der Waals surface area contributed by atoms with E-state index in [-0.39, 0.29) is 12.5 Å². The zero-order chi connectivity index (χ0) is 39.3. The highest BCUT2D eigenvalue weighted by Crippen LogP contribution is 2.14. The minimum Gasteiger partial charge on any atom is -0.394 e. The molecule has 0 aliphatic carbocycles. The van der Waals surface area contributed by atoms with E-state index in [2.05, 4.69) is 104 Å². The van der Waals surface area contributed by atoms with Crippen LogP contribution in [-0.4, -0.2) is 34.9 Å². The lowest BCUT2D eigenvalue weighted by molar-refractivity contribution is -0.123. The molecule has 4 heteroatoms. The molecule has 0 saturated heterocycles. The number of carbonyl (C=O) groups excluding carboxylic acids is 1. The van der Waals surface area contributed by atoms with Crippen LogP contribution in [0, 0.1) is 0 Å². The molecule has 0 aromatic heterocycles. The molecule has 0 aromatic rings. The van der Waals surface area contributed by atoms with Crippen LogP contribution < -0.4 is 5.32 Å². The maximum atomic E-state index is 12.4. The monoisotopic (exact) mass is 748 g/mol. The van der Waals surface area contributed by atoms with Gasteiger partial charge in [0.1, 0.15) is 0 Å². The van der Waals surface area contributed by atoms with E-state index < -0.39 is 12.1 Å². The average Bonchev–Trinajstić information content (AvgIpc) is 3.18. The van der Waals surface area contributed by atoms with E-state index in [1.165, 1.54) is 96.3 Å². The van der Waals surface area contributed by atoms with Gasteiger partial charge in [-0.05, 0) is 83.5 Å². The first-order valence-electron chi connectivity index (χ1n) is 22.5. The highest BCUT2D eigenvalue weighted by Gasteiger charge is 2.17. The van der Waals surface area contributed by atoms with Crippen molar-refractivity contribution in [3.63, 3.8) is 0 Å². The molecule has 0 heterocycles. The van der Waals surface area contributed by atoms with Gasteiger partial charge in [0.2, 0.25) is 5.91 Å². The Balaban J connectivity index is 3.74. The number of hydrogen-bond acceptors (Lipinski definition) is 3. The second-order valence-corrected chi connectivity index (χ2v) is 14.7. The van der Waals surface area contributed by atoms with Gasteiger partial charge in [0, 0.05) is 6.42 Å². The molecule has 2 unspecified atom stereocenters. The summed E-state index contributed by atoms with van der Waals surface area (Å²) in [6.07, 6.45) is 66.6. The molecule has 0 bridgehead atoms. The van der Waals surface area contributed by atoms with Gasteiger partial charge in [0.15, 0.2) is 0 Å². The highest BCUT2D eigenvalue weighted by atomic mass is 16.3. The second kappa shape index (κ2) is 44.7. The lowest BCUT2D eigenvalue weighted by atomic mass is 10.0. The maximum absolute atomic E-state index is 12.4. The standard InChI is InChI=1S/C50H85NO3/c1-3-5-7-9-11-13-15-17-19-21-23-25-27-29-31-33-35-37-39-41-43-45-49(53)48(47-52)51-50(54)46-44-42-40-38-36-34-32-30-28-26-24-22-20-18-16-14-12-10-8-6-4-2/h6,8,12,14,18,20,24,26,30,32,35-38,43,45,48-49,52-53H,3-5,7,9-11,13,15-17,19,21-23,25,27-29,31,33-34,39-42,44,46-47H2,1-2H3,(H,51,54)/b8-6-,14-12-,20-18-,26-24-,32-30-,37-35+,38-36-,45-43+. The number of rotatable bonds is 39. The maximum Gasteiger partial charge on any atom is 0.220 e. The van der Waals surface area contributed by atoms with Gasteiger partial charge in [-0.15, -0.1) is 0 Å². The lowest BCUT2D eigenvalue weighted by Gasteiger charge is -2.19. The second-order valence-electron chi connectivity index (χ2n) is 14.7. The van der Waals surface area contributed by atoms with Crippen molar-refractivity contribution < 1.29 is 15.0 Å². The van der Waals surface area contributed by atoms with Gasteiger partial charge in [0.25, 0.3) is 0 Å². The number of amides is 1. The summed E-state index contributed by atoms with van der Waals surface area (Å²) in [5.74, 6) is -0.119. The van der Waals surface area contributed by atoms with Crippen LogP contribution in [0.25, 0.3) is 0 Å². The molecule has 2 atom stereocenters. The Labute approximate surface area is 334 Å². The lowest BCUT2D eigenvalue weighted by Crippen LogP contribution is -2.45. The van der Waals surface area contributed by atoms with Gasteiger partial charge >= 0.3 is 0 Å². The Kier molecular flexibility index (Phi) is 42.5. The van der Waals surface area contributed by atoms with Crippen LogP contribution in [0.15, 0.2) is 97.2 Å². The number of allylic oxidation sites excluding steroid dienone is 15. The van der Waals surface area contributed by atoms with Gasteiger partial charge in [-0.3, -0.25) is 4.79 Å². The summed E-state index contributed by atoms with van der Waals surface area (Å²) in [6, 6.07) is -0.669. The molecule has 0 fully saturated rings. The van der Waals surface area contributed by atoms with E-state index in [1.807, 2.05) is 6.08 Å². The quantitative estimate of drug-likeness (QED) is 0.0433. The van der Waals surface area contributed by atoms with Crippen LogP contribution in [0.2, 0.25) is 0 Å².